The van der Waals surface area contributed by atoms with Crippen molar-refractivity contribution in [2.24, 2.45) is 0 Å². The van der Waals surface area contributed by atoms with Gasteiger partial charge in [0.2, 0.25) is 0 Å². The molecule has 0 radical (unpaired) electrons. The molecule has 0 saturated carbocycles. The summed E-state index contributed by atoms with van der Waals surface area (Å²) in [4.78, 5) is 0. The number of aromatic hydroxyl groups is 2. The molecule has 0 aliphatic rings. The predicted octanol–water partition coefficient (Wildman–Crippen LogP) is 4.94. The molecule has 21 heavy (non-hydrogen) atoms. The third kappa shape index (κ3) is 3.38. The van der Waals surface area contributed by atoms with Crippen LogP contribution in [0.3, 0.4) is 0 Å². The fourth-order valence-corrected chi connectivity index (χ4v) is 2.74. The first-order chi connectivity index (χ1) is 9.82. The SMILES string of the molecule is CCC(c1ccc(O)cc1)c1ccc(O)c(C(C)(C)C)c1. The molecule has 0 amide bonds. The van der Waals surface area contributed by atoms with Gasteiger partial charge in [0.05, 0.1) is 0 Å². The first-order valence-corrected chi connectivity index (χ1v) is 7.45. The zero-order chi connectivity index (χ0) is 15.6. The Morgan fingerprint density at radius 2 is 1.48 bits per heavy atom. The first-order valence-electron chi connectivity index (χ1n) is 7.45. The number of hydrogen-bond acceptors (Lipinski definition) is 2. The molecule has 2 aromatic carbocycles. The molecule has 2 nitrogen and oxygen atoms in total. The lowest BCUT2D eigenvalue weighted by molar-refractivity contribution is 0.446. The Labute approximate surface area is 127 Å². The number of phenolic OH excluding ortho intramolecular Hbond substituents is 2. The van der Waals surface area contributed by atoms with Gasteiger partial charge < -0.3 is 10.2 Å². The van der Waals surface area contributed by atoms with Crippen LogP contribution >= 0.6 is 0 Å². The van der Waals surface area contributed by atoms with Gasteiger partial charge in [-0.2, -0.15) is 0 Å². The van der Waals surface area contributed by atoms with E-state index in [1.54, 1.807) is 18.2 Å². The molecule has 112 valence electrons. The van der Waals surface area contributed by atoms with Crippen LogP contribution in [0.5, 0.6) is 11.5 Å². The summed E-state index contributed by atoms with van der Waals surface area (Å²) in [5, 5.41) is 19.5. The van der Waals surface area contributed by atoms with Crippen molar-refractivity contribution in [2.45, 2.75) is 45.4 Å². The summed E-state index contributed by atoms with van der Waals surface area (Å²) in [7, 11) is 0. The summed E-state index contributed by atoms with van der Waals surface area (Å²) in [6, 6.07) is 13.3. The van der Waals surface area contributed by atoms with Crippen LogP contribution in [0, 0.1) is 0 Å². The van der Waals surface area contributed by atoms with Gasteiger partial charge in [-0.25, -0.2) is 0 Å². The van der Waals surface area contributed by atoms with Gasteiger partial charge >= 0.3 is 0 Å². The van der Waals surface area contributed by atoms with Gasteiger partial charge in [-0.05, 0) is 46.7 Å². The molecule has 0 spiro atoms. The lowest BCUT2D eigenvalue weighted by Crippen LogP contribution is -2.12. The number of rotatable bonds is 3. The number of hydrogen-bond donors (Lipinski definition) is 2. The first kappa shape index (κ1) is 15.4. The number of benzene rings is 2. The van der Waals surface area contributed by atoms with Gasteiger partial charge in [0.15, 0.2) is 0 Å². The minimum absolute atomic E-state index is 0.0899. The van der Waals surface area contributed by atoms with Crippen molar-refractivity contribution in [3.8, 4) is 11.5 Å². The Bertz CT molecular complexity index is 606. The Balaban J connectivity index is 2.46. The highest BCUT2D eigenvalue weighted by molar-refractivity contribution is 5.44. The molecule has 2 aromatic rings. The molecular weight excluding hydrogens is 260 g/mol. The van der Waals surface area contributed by atoms with Crippen molar-refractivity contribution in [3.05, 3.63) is 59.2 Å². The largest absolute Gasteiger partial charge is 0.508 e. The molecule has 0 heterocycles. The van der Waals surface area contributed by atoms with Crippen LogP contribution in [0.2, 0.25) is 0 Å². The van der Waals surface area contributed by atoms with E-state index in [0.29, 0.717) is 5.75 Å². The van der Waals surface area contributed by atoms with Crippen LogP contribution in [-0.4, -0.2) is 10.2 Å². The highest BCUT2D eigenvalue weighted by Gasteiger charge is 2.21. The second kappa shape index (κ2) is 5.80. The van der Waals surface area contributed by atoms with Crippen LogP contribution in [0.15, 0.2) is 42.5 Å². The summed E-state index contributed by atoms with van der Waals surface area (Å²) in [6.07, 6.45) is 0.971. The summed E-state index contributed by atoms with van der Waals surface area (Å²) in [5.41, 5.74) is 3.26. The van der Waals surface area contributed by atoms with E-state index in [2.05, 4.69) is 33.8 Å². The van der Waals surface area contributed by atoms with Crippen molar-refractivity contribution in [1.82, 2.24) is 0 Å². The van der Waals surface area contributed by atoms with Crippen molar-refractivity contribution in [2.75, 3.05) is 0 Å². The van der Waals surface area contributed by atoms with E-state index >= 15 is 0 Å². The van der Waals surface area contributed by atoms with Crippen LogP contribution in [0.25, 0.3) is 0 Å². The maximum atomic E-state index is 10.1. The average molecular weight is 284 g/mol. The van der Waals surface area contributed by atoms with E-state index < -0.39 is 0 Å². The van der Waals surface area contributed by atoms with Crippen LogP contribution in [0.1, 0.15) is 56.7 Å². The second-order valence-corrected chi connectivity index (χ2v) is 6.58. The van der Waals surface area contributed by atoms with E-state index in [1.165, 1.54) is 11.1 Å². The molecule has 2 rings (SSSR count). The van der Waals surface area contributed by atoms with E-state index in [0.717, 1.165) is 12.0 Å². The van der Waals surface area contributed by atoms with Crippen LogP contribution < -0.4 is 0 Å². The predicted molar refractivity (Wildman–Crippen MR) is 87.0 cm³/mol. The highest BCUT2D eigenvalue weighted by atomic mass is 16.3. The Kier molecular flexibility index (Phi) is 4.26. The molecule has 0 aromatic heterocycles. The quantitative estimate of drug-likeness (QED) is 0.838. The standard InChI is InChI=1S/C19H24O2/c1-5-16(13-6-9-15(20)10-7-13)14-8-11-18(21)17(12-14)19(2,3)4/h6-12,16,20-21H,5H2,1-4H3. The molecule has 0 aliphatic carbocycles. The molecule has 1 unspecified atom stereocenters. The van der Waals surface area contributed by atoms with Gasteiger partial charge in [0, 0.05) is 5.92 Å². The topological polar surface area (TPSA) is 40.5 Å². The van der Waals surface area contributed by atoms with Crippen LogP contribution in [0.4, 0.5) is 0 Å². The van der Waals surface area contributed by atoms with Crippen molar-refractivity contribution in [1.29, 1.82) is 0 Å². The van der Waals surface area contributed by atoms with Gasteiger partial charge in [-0.1, -0.05) is 52.0 Å². The summed E-state index contributed by atoms with van der Waals surface area (Å²) in [6.45, 7) is 8.47. The van der Waals surface area contributed by atoms with Gasteiger partial charge in [0.1, 0.15) is 11.5 Å². The minimum Gasteiger partial charge on any atom is -0.508 e. The number of phenols is 2. The van der Waals surface area contributed by atoms with Gasteiger partial charge in [-0.15, -0.1) is 0 Å². The maximum Gasteiger partial charge on any atom is 0.119 e. The smallest absolute Gasteiger partial charge is 0.119 e. The third-order valence-corrected chi connectivity index (χ3v) is 3.93. The highest BCUT2D eigenvalue weighted by Crippen LogP contribution is 2.36. The van der Waals surface area contributed by atoms with Crippen LogP contribution in [-0.2, 0) is 5.41 Å². The molecular formula is C19H24O2. The zero-order valence-corrected chi connectivity index (χ0v) is 13.2. The second-order valence-electron chi connectivity index (χ2n) is 6.58. The summed E-state index contributed by atoms with van der Waals surface area (Å²) >= 11 is 0. The summed E-state index contributed by atoms with van der Waals surface area (Å²) < 4.78 is 0. The van der Waals surface area contributed by atoms with E-state index in [1.807, 2.05) is 18.2 Å². The average Bonchev–Trinajstić information content (AvgIpc) is 2.42. The van der Waals surface area contributed by atoms with E-state index in [9.17, 15) is 10.2 Å². The Morgan fingerprint density at radius 3 is 2.00 bits per heavy atom. The maximum absolute atomic E-state index is 10.1. The van der Waals surface area contributed by atoms with E-state index in [4.69, 9.17) is 0 Å². The Morgan fingerprint density at radius 1 is 0.905 bits per heavy atom. The molecule has 2 N–H and O–H groups in total. The third-order valence-electron chi connectivity index (χ3n) is 3.93. The van der Waals surface area contributed by atoms with Crippen molar-refractivity contribution >= 4 is 0 Å². The van der Waals surface area contributed by atoms with Crippen molar-refractivity contribution in [3.63, 3.8) is 0 Å². The lowest BCUT2D eigenvalue weighted by atomic mass is 9.82. The normalized spacial score (nSPS) is 13.1. The lowest BCUT2D eigenvalue weighted by Gasteiger charge is -2.24. The van der Waals surface area contributed by atoms with E-state index in [-0.39, 0.29) is 17.1 Å². The van der Waals surface area contributed by atoms with Gasteiger partial charge in [-0.3, -0.25) is 0 Å². The molecule has 2 heteroatoms. The van der Waals surface area contributed by atoms with Crippen molar-refractivity contribution < 1.29 is 10.2 Å². The molecule has 0 fully saturated rings. The molecule has 0 bridgehead atoms. The van der Waals surface area contributed by atoms with Gasteiger partial charge in [0.25, 0.3) is 0 Å². The fraction of sp³-hybridized carbons (Fsp3) is 0.368. The summed E-state index contributed by atoms with van der Waals surface area (Å²) in [5.74, 6) is 0.911. The monoisotopic (exact) mass is 284 g/mol. The molecule has 0 saturated heterocycles. The fourth-order valence-electron chi connectivity index (χ4n) is 2.74. The molecule has 0 aliphatic heterocycles. The zero-order valence-electron chi connectivity index (χ0n) is 13.2. The Hall–Kier alpha value is -1.96. The molecule has 1 atom stereocenters. The minimum atomic E-state index is -0.0899.